The number of hydrogen-bond acceptors (Lipinski definition) is 5. The molecule has 3 aromatic carbocycles. The van der Waals surface area contributed by atoms with Crippen LogP contribution in [0.3, 0.4) is 0 Å². The average molecular weight is 675 g/mol. The van der Waals surface area contributed by atoms with E-state index in [1.165, 1.54) is 33.6 Å². The summed E-state index contributed by atoms with van der Waals surface area (Å²) in [7, 11) is 3.92. The van der Waals surface area contributed by atoms with Gasteiger partial charge in [-0.3, -0.25) is 4.79 Å². The van der Waals surface area contributed by atoms with Gasteiger partial charge in [0.05, 0.1) is 6.04 Å². The zero-order valence-corrected chi connectivity index (χ0v) is 30.4. The predicted octanol–water partition coefficient (Wildman–Crippen LogP) is 8.65. The van der Waals surface area contributed by atoms with E-state index in [4.69, 9.17) is 5.73 Å². The largest absolute Gasteiger partial charge is 0.387 e. The minimum atomic E-state index is -0.0214. The Balaban J connectivity index is 0.000000226. The Morgan fingerprint density at radius 1 is 0.898 bits per heavy atom. The number of nitrogens with one attached hydrogen (secondary N) is 1. The lowest BCUT2D eigenvalue weighted by molar-refractivity contribution is -0.118. The van der Waals surface area contributed by atoms with Crippen LogP contribution in [0, 0.1) is 0 Å². The van der Waals surface area contributed by atoms with Crippen LogP contribution >= 0.6 is 11.3 Å². The summed E-state index contributed by atoms with van der Waals surface area (Å²) in [6.45, 7) is 11.4. The van der Waals surface area contributed by atoms with Crippen LogP contribution in [0.4, 0.5) is 0 Å². The second-order valence-electron chi connectivity index (χ2n) is 13.3. The van der Waals surface area contributed by atoms with E-state index < -0.39 is 0 Å². The number of allylic oxidation sites excluding steroid dienone is 1. The van der Waals surface area contributed by atoms with Crippen molar-refractivity contribution in [2.45, 2.75) is 69.5 Å². The zero-order chi connectivity index (χ0) is 35.1. The quantitative estimate of drug-likeness (QED) is 0.0870. The third-order valence-electron chi connectivity index (χ3n) is 9.53. The third kappa shape index (κ3) is 11.9. The first kappa shape index (κ1) is 37.4. The molecule has 5 nitrogen and oxygen atoms in total. The van der Waals surface area contributed by atoms with Crippen LogP contribution in [0.1, 0.15) is 48.6 Å². The maximum atomic E-state index is 11.1. The summed E-state index contributed by atoms with van der Waals surface area (Å²) in [4.78, 5) is 16.3. The highest BCUT2D eigenvalue weighted by atomic mass is 32.1. The molecule has 1 aliphatic carbocycles. The Kier molecular flexibility index (Phi) is 14.5. The predicted molar refractivity (Wildman–Crippen MR) is 209 cm³/mol. The van der Waals surface area contributed by atoms with E-state index in [2.05, 4.69) is 128 Å². The molecule has 6 heteroatoms. The average Bonchev–Trinajstić information content (AvgIpc) is 3.64. The lowest BCUT2D eigenvalue weighted by Gasteiger charge is -2.37. The van der Waals surface area contributed by atoms with E-state index in [-0.39, 0.29) is 11.6 Å². The Morgan fingerprint density at radius 3 is 2.14 bits per heavy atom. The van der Waals surface area contributed by atoms with E-state index in [1.807, 2.05) is 24.3 Å². The minimum Gasteiger partial charge on any atom is -0.387 e. The number of hydrogen-bond donors (Lipinski definition) is 2. The first-order chi connectivity index (χ1) is 23.7. The molecule has 1 aliphatic rings. The number of rotatable bonds is 17. The van der Waals surface area contributed by atoms with Crippen LogP contribution in [0.5, 0.6) is 0 Å². The fourth-order valence-corrected chi connectivity index (χ4v) is 6.69. The van der Waals surface area contributed by atoms with Crippen LogP contribution in [-0.2, 0) is 24.1 Å². The van der Waals surface area contributed by atoms with Crippen LogP contribution in [0.15, 0.2) is 139 Å². The fourth-order valence-electron chi connectivity index (χ4n) is 5.94. The highest BCUT2D eigenvalue weighted by Crippen LogP contribution is 2.32. The van der Waals surface area contributed by atoms with E-state index in [0.29, 0.717) is 6.04 Å². The molecule has 0 radical (unpaired) electrons. The second kappa shape index (κ2) is 19.0. The van der Waals surface area contributed by atoms with Crippen LogP contribution in [0.25, 0.3) is 11.1 Å². The van der Waals surface area contributed by atoms with Crippen molar-refractivity contribution in [3.8, 4) is 11.1 Å². The fraction of sp³-hybridized carbons (Fsp3) is 0.326. The van der Waals surface area contributed by atoms with Gasteiger partial charge in [-0.1, -0.05) is 110 Å². The van der Waals surface area contributed by atoms with Crippen molar-refractivity contribution in [1.29, 1.82) is 0 Å². The Hall–Kier alpha value is -4.39. The van der Waals surface area contributed by atoms with Crippen LogP contribution < -0.4 is 11.1 Å². The number of thiophene rings is 1. The lowest BCUT2D eigenvalue weighted by Crippen LogP contribution is -2.45. The number of nitrogens with zero attached hydrogens (tertiary/aromatic N) is 2. The van der Waals surface area contributed by atoms with Gasteiger partial charge in [0.1, 0.15) is 0 Å². The summed E-state index contributed by atoms with van der Waals surface area (Å²) in [5.41, 5.74) is 13.4. The molecule has 0 spiro atoms. The number of benzene rings is 3. The monoisotopic (exact) mass is 674 g/mol. The molecule has 1 saturated carbocycles. The molecule has 0 bridgehead atoms. The SMILES string of the molecule is C=C(/C=C/CC1(N)CCC1)N(C)[C@@H](C)Cc1ccc(-c2ccccc2)cc1.C=C(NCCc1ccccc1)C(Cc1cccs1)N(C)C=O. The third-order valence-corrected chi connectivity index (χ3v) is 10.4. The molecule has 258 valence electrons. The highest BCUT2D eigenvalue weighted by Gasteiger charge is 2.30. The van der Waals surface area contributed by atoms with Gasteiger partial charge < -0.3 is 20.9 Å². The topological polar surface area (TPSA) is 61.6 Å². The normalized spacial score (nSPS) is 14.4. The summed E-state index contributed by atoms with van der Waals surface area (Å²) in [5, 5.41) is 5.42. The van der Waals surface area contributed by atoms with Crippen molar-refractivity contribution in [3.63, 3.8) is 0 Å². The summed E-state index contributed by atoms with van der Waals surface area (Å²) in [6, 6.07) is 34.2. The van der Waals surface area contributed by atoms with Crippen molar-refractivity contribution in [1.82, 2.24) is 15.1 Å². The van der Waals surface area contributed by atoms with E-state index >= 15 is 0 Å². The molecule has 0 aliphatic heterocycles. The molecule has 1 aromatic heterocycles. The van der Waals surface area contributed by atoms with Gasteiger partial charge in [-0.05, 0) is 85.2 Å². The number of carbonyl (C=O) groups excluding carboxylic acids is 1. The van der Waals surface area contributed by atoms with Gasteiger partial charge in [0.2, 0.25) is 6.41 Å². The number of carbonyl (C=O) groups is 1. The molecule has 4 aromatic rings. The molecule has 1 unspecified atom stereocenters. The van der Waals surface area contributed by atoms with Gasteiger partial charge in [-0.2, -0.15) is 0 Å². The first-order valence-electron chi connectivity index (χ1n) is 17.3. The van der Waals surface area contributed by atoms with E-state index in [9.17, 15) is 4.79 Å². The van der Waals surface area contributed by atoms with Gasteiger partial charge in [0.25, 0.3) is 0 Å². The van der Waals surface area contributed by atoms with Crippen molar-refractivity contribution in [2.24, 2.45) is 5.73 Å². The molecular weight excluding hydrogens is 621 g/mol. The van der Waals surface area contributed by atoms with E-state index in [1.54, 1.807) is 23.3 Å². The number of amides is 1. The Bertz CT molecular complexity index is 1590. The lowest BCUT2D eigenvalue weighted by atomic mass is 9.75. The van der Waals surface area contributed by atoms with Crippen LogP contribution in [-0.4, -0.2) is 54.5 Å². The smallest absolute Gasteiger partial charge is 0.210 e. The summed E-state index contributed by atoms with van der Waals surface area (Å²) >= 11 is 1.71. The molecule has 1 amide bonds. The molecule has 1 fully saturated rings. The molecule has 2 atom stereocenters. The maximum Gasteiger partial charge on any atom is 0.210 e. The second-order valence-corrected chi connectivity index (χ2v) is 14.3. The van der Waals surface area contributed by atoms with Gasteiger partial charge >= 0.3 is 0 Å². The maximum absolute atomic E-state index is 11.1. The van der Waals surface area contributed by atoms with Gasteiger partial charge in [0.15, 0.2) is 0 Å². The minimum absolute atomic E-state index is 0.0214. The number of likely N-dealkylation sites (N-methyl/N-ethyl adjacent to an activating group) is 2. The molecule has 5 rings (SSSR count). The van der Waals surface area contributed by atoms with Crippen molar-refractivity contribution in [3.05, 3.63) is 155 Å². The Labute approximate surface area is 298 Å². The molecule has 1 heterocycles. The zero-order valence-electron chi connectivity index (χ0n) is 29.6. The van der Waals surface area contributed by atoms with Crippen molar-refractivity contribution < 1.29 is 4.79 Å². The van der Waals surface area contributed by atoms with Gasteiger partial charge in [0, 0.05) is 54.9 Å². The summed E-state index contributed by atoms with van der Waals surface area (Å²) in [5.74, 6) is 0. The molecule has 49 heavy (non-hydrogen) atoms. The molecule has 3 N–H and O–H groups in total. The van der Waals surface area contributed by atoms with Crippen LogP contribution in [0.2, 0.25) is 0 Å². The summed E-state index contributed by atoms with van der Waals surface area (Å²) < 4.78 is 0. The standard InChI is InChI=1S/C25H32N2.C18H22N2OS/c1-20(9-7-16-25(26)17-8-18-25)27(3)21(2)19-22-12-14-24(15-13-22)23-10-5-4-6-11-23;1-15(19-11-10-16-7-4-3-5-8-16)18(20(2)14-21)13-17-9-6-12-22-17/h4-7,9-15,21H,1,8,16-19,26H2,2-3H3;3-9,12,14,18-19H,1,10-11,13H2,2H3/b9-7+;/t21-;/m0./s1. The highest BCUT2D eigenvalue weighted by molar-refractivity contribution is 7.09. The van der Waals surface area contributed by atoms with Crippen molar-refractivity contribution in [2.75, 3.05) is 20.6 Å². The van der Waals surface area contributed by atoms with Gasteiger partial charge in [-0.15, -0.1) is 11.3 Å². The van der Waals surface area contributed by atoms with Gasteiger partial charge in [-0.25, -0.2) is 0 Å². The molecule has 0 saturated heterocycles. The number of nitrogens with two attached hydrogens (primary N) is 1. The first-order valence-corrected chi connectivity index (χ1v) is 18.2. The van der Waals surface area contributed by atoms with Crippen molar-refractivity contribution >= 4 is 17.7 Å². The van der Waals surface area contributed by atoms with E-state index in [0.717, 1.165) is 62.9 Å². The summed E-state index contributed by atoms with van der Waals surface area (Å²) in [6.07, 6.45) is 12.4. The molecular formula is C43H54N4OS. The Morgan fingerprint density at radius 2 is 1.55 bits per heavy atom.